The van der Waals surface area contributed by atoms with E-state index < -0.39 is 48.4 Å². The molecule has 10 heteroatoms. The van der Waals surface area contributed by atoms with Crippen molar-refractivity contribution in [1.29, 1.82) is 0 Å². The largest absolute Gasteiger partial charge is 0.394 e. The van der Waals surface area contributed by atoms with Gasteiger partial charge in [0.15, 0.2) is 0 Å². The minimum atomic E-state index is -1.16. The molecule has 0 fully saturated rings. The first-order valence-corrected chi connectivity index (χ1v) is 9.90. The van der Waals surface area contributed by atoms with Crippen LogP contribution in [0.15, 0.2) is 0 Å². The van der Waals surface area contributed by atoms with Crippen molar-refractivity contribution in [3.63, 3.8) is 0 Å². The van der Waals surface area contributed by atoms with E-state index in [0.29, 0.717) is 19.3 Å². The molecule has 6 N–H and O–H groups in total. The van der Waals surface area contributed by atoms with Crippen LogP contribution < -0.4 is 21.7 Å². The van der Waals surface area contributed by atoms with Gasteiger partial charge < -0.3 is 31.7 Å². The SMILES string of the molecule is CC(=O)NC(CO)C(=O)NC(CCCCN(C)C)C(=O)NC(CC(C)C)C(N)=O. The van der Waals surface area contributed by atoms with Gasteiger partial charge >= 0.3 is 0 Å². The Labute approximate surface area is 172 Å². The summed E-state index contributed by atoms with van der Waals surface area (Å²) in [6.45, 7) is 5.26. The van der Waals surface area contributed by atoms with Crippen molar-refractivity contribution in [2.75, 3.05) is 27.2 Å². The molecule has 0 saturated heterocycles. The summed E-state index contributed by atoms with van der Waals surface area (Å²) >= 11 is 0. The van der Waals surface area contributed by atoms with Crippen LogP contribution in [0.2, 0.25) is 0 Å². The number of nitrogens with one attached hydrogen (secondary N) is 3. The second kappa shape index (κ2) is 13.9. The monoisotopic (exact) mass is 415 g/mol. The molecule has 0 aromatic carbocycles. The predicted octanol–water partition coefficient (Wildman–Crippen LogP) is -1.28. The molecule has 0 bridgehead atoms. The quantitative estimate of drug-likeness (QED) is 0.223. The predicted molar refractivity (Wildman–Crippen MR) is 110 cm³/mol. The molecule has 0 aliphatic heterocycles. The van der Waals surface area contributed by atoms with Crippen molar-refractivity contribution in [2.45, 2.75) is 64.6 Å². The van der Waals surface area contributed by atoms with Crippen LogP contribution in [0.25, 0.3) is 0 Å². The highest BCUT2D eigenvalue weighted by Crippen LogP contribution is 2.07. The van der Waals surface area contributed by atoms with Crippen molar-refractivity contribution >= 4 is 23.6 Å². The Bertz CT molecular complexity index is 553. The fraction of sp³-hybridized carbons (Fsp3) is 0.789. The highest BCUT2D eigenvalue weighted by atomic mass is 16.3. The first-order chi connectivity index (χ1) is 13.5. The van der Waals surface area contributed by atoms with Crippen LogP contribution in [0.5, 0.6) is 0 Å². The molecular formula is C19H37N5O5. The van der Waals surface area contributed by atoms with Crippen LogP contribution in [0.3, 0.4) is 0 Å². The molecule has 29 heavy (non-hydrogen) atoms. The molecule has 168 valence electrons. The van der Waals surface area contributed by atoms with Crippen LogP contribution in [0, 0.1) is 5.92 Å². The number of nitrogens with zero attached hydrogens (tertiary/aromatic N) is 1. The van der Waals surface area contributed by atoms with Crippen LogP contribution in [0.1, 0.15) is 46.5 Å². The number of hydrogen-bond acceptors (Lipinski definition) is 6. The zero-order valence-electron chi connectivity index (χ0n) is 18.2. The van der Waals surface area contributed by atoms with Gasteiger partial charge in [-0.25, -0.2) is 0 Å². The minimum absolute atomic E-state index is 0.138. The van der Waals surface area contributed by atoms with Gasteiger partial charge in [0.05, 0.1) is 6.61 Å². The number of carbonyl (C=O) groups excluding carboxylic acids is 4. The third kappa shape index (κ3) is 12.1. The molecule has 3 atom stereocenters. The smallest absolute Gasteiger partial charge is 0.245 e. The van der Waals surface area contributed by atoms with Gasteiger partial charge in [0.2, 0.25) is 23.6 Å². The fourth-order valence-electron chi connectivity index (χ4n) is 2.75. The number of rotatable bonds is 14. The van der Waals surface area contributed by atoms with Crippen LogP contribution in [-0.2, 0) is 19.2 Å². The molecule has 0 aliphatic rings. The van der Waals surface area contributed by atoms with E-state index in [1.54, 1.807) is 0 Å². The summed E-state index contributed by atoms with van der Waals surface area (Å²) in [5.41, 5.74) is 5.39. The summed E-state index contributed by atoms with van der Waals surface area (Å²) in [6, 6.07) is -2.92. The number of hydrogen-bond donors (Lipinski definition) is 5. The van der Waals surface area contributed by atoms with E-state index in [9.17, 15) is 24.3 Å². The summed E-state index contributed by atoms with van der Waals surface area (Å²) in [4.78, 5) is 50.0. The summed E-state index contributed by atoms with van der Waals surface area (Å²) < 4.78 is 0. The van der Waals surface area contributed by atoms with Crippen molar-refractivity contribution in [2.24, 2.45) is 11.7 Å². The van der Waals surface area contributed by atoms with E-state index in [0.717, 1.165) is 13.0 Å². The number of primary amides is 1. The van der Waals surface area contributed by atoms with E-state index in [1.807, 2.05) is 32.8 Å². The van der Waals surface area contributed by atoms with E-state index in [2.05, 4.69) is 16.0 Å². The topological polar surface area (TPSA) is 154 Å². The maximum atomic E-state index is 12.7. The van der Waals surface area contributed by atoms with Crippen LogP contribution in [0.4, 0.5) is 0 Å². The summed E-state index contributed by atoms with van der Waals surface area (Å²) in [6.07, 6.45) is 2.20. The van der Waals surface area contributed by atoms with E-state index in [-0.39, 0.29) is 5.92 Å². The Morgan fingerprint density at radius 3 is 1.93 bits per heavy atom. The number of unbranched alkanes of at least 4 members (excludes halogenated alkanes) is 1. The zero-order valence-corrected chi connectivity index (χ0v) is 18.2. The molecule has 0 heterocycles. The van der Waals surface area contributed by atoms with E-state index in [4.69, 9.17) is 5.73 Å². The number of nitrogens with two attached hydrogens (primary N) is 1. The number of carbonyl (C=O) groups is 4. The van der Waals surface area contributed by atoms with Gasteiger partial charge in [-0.3, -0.25) is 19.2 Å². The van der Waals surface area contributed by atoms with Crippen molar-refractivity contribution in [3.8, 4) is 0 Å². The van der Waals surface area contributed by atoms with Gasteiger partial charge in [0, 0.05) is 6.92 Å². The summed E-state index contributed by atoms with van der Waals surface area (Å²) in [5.74, 6) is -2.17. The first kappa shape index (κ1) is 26.8. The Kier molecular flexibility index (Phi) is 12.8. The van der Waals surface area contributed by atoms with Crippen LogP contribution >= 0.6 is 0 Å². The molecule has 0 spiro atoms. The molecule has 0 aromatic rings. The first-order valence-electron chi connectivity index (χ1n) is 9.90. The fourth-order valence-corrected chi connectivity index (χ4v) is 2.75. The lowest BCUT2D eigenvalue weighted by molar-refractivity contribution is -0.133. The molecule has 4 amide bonds. The van der Waals surface area contributed by atoms with Crippen LogP contribution in [-0.4, -0.2) is 79.0 Å². The molecule has 0 aliphatic carbocycles. The van der Waals surface area contributed by atoms with Crippen molar-refractivity contribution in [1.82, 2.24) is 20.9 Å². The lowest BCUT2D eigenvalue weighted by atomic mass is 10.0. The van der Waals surface area contributed by atoms with Gasteiger partial charge in [0.25, 0.3) is 0 Å². The minimum Gasteiger partial charge on any atom is -0.394 e. The lowest BCUT2D eigenvalue weighted by Crippen LogP contribution is -2.57. The van der Waals surface area contributed by atoms with Crippen molar-refractivity contribution in [3.05, 3.63) is 0 Å². The maximum absolute atomic E-state index is 12.7. The Morgan fingerprint density at radius 1 is 0.931 bits per heavy atom. The standard InChI is InChI=1S/C19H37N5O5/c1-12(2)10-15(17(20)27)23-18(28)14(8-6-7-9-24(4)5)22-19(29)16(11-25)21-13(3)26/h12,14-16,25H,6-11H2,1-5H3,(H2,20,27)(H,21,26)(H,22,29)(H,23,28). The van der Waals surface area contributed by atoms with E-state index >= 15 is 0 Å². The van der Waals surface area contributed by atoms with Gasteiger partial charge in [-0.2, -0.15) is 0 Å². The van der Waals surface area contributed by atoms with Gasteiger partial charge in [-0.05, 0) is 52.2 Å². The average Bonchev–Trinajstić information content (AvgIpc) is 2.60. The lowest BCUT2D eigenvalue weighted by Gasteiger charge is -2.24. The number of aliphatic hydroxyl groups is 1. The maximum Gasteiger partial charge on any atom is 0.245 e. The normalized spacial score (nSPS) is 14.2. The molecule has 0 rings (SSSR count). The molecule has 10 nitrogen and oxygen atoms in total. The van der Waals surface area contributed by atoms with Gasteiger partial charge in [-0.1, -0.05) is 13.8 Å². The number of amides is 4. The molecule has 0 aromatic heterocycles. The third-order valence-electron chi connectivity index (χ3n) is 4.22. The molecule has 0 saturated carbocycles. The summed E-state index contributed by atoms with van der Waals surface area (Å²) in [7, 11) is 3.88. The van der Waals surface area contributed by atoms with Crippen molar-refractivity contribution < 1.29 is 24.3 Å². The average molecular weight is 416 g/mol. The van der Waals surface area contributed by atoms with E-state index in [1.165, 1.54) is 6.92 Å². The Hall–Kier alpha value is -2.20. The summed E-state index contributed by atoms with van der Waals surface area (Å²) in [5, 5.41) is 16.9. The van der Waals surface area contributed by atoms with Gasteiger partial charge in [-0.15, -0.1) is 0 Å². The molecule has 0 radical (unpaired) electrons. The Morgan fingerprint density at radius 2 is 1.48 bits per heavy atom. The third-order valence-corrected chi connectivity index (χ3v) is 4.22. The highest BCUT2D eigenvalue weighted by molar-refractivity contribution is 5.93. The molecular weight excluding hydrogens is 378 g/mol. The van der Waals surface area contributed by atoms with Gasteiger partial charge in [0.1, 0.15) is 18.1 Å². The second-order valence-corrected chi connectivity index (χ2v) is 7.89. The zero-order chi connectivity index (χ0) is 22.6. The number of aliphatic hydroxyl groups excluding tert-OH is 1. The highest BCUT2D eigenvalue weighted by Gasteiger charge is 2.28. The molecule has 3 unspecified atom stereocenters. The second-order valence-electron chi connectivity index (χ2n) is 7.89. The Balaban J connectivity index is 5.18.